The fourth-order valence-corrected chi connectivity index (χ4v) is 4.82. The minimum atomic E-state index is 0.292. The van der Waals surface area contributed by atoms with E-state index in [1.54, 1.807) is 0 Å². The predicted molar refractivity (Wildman–Crippen MR) is 126 cm³/mol. The fraction of sp³-hybridized carbons (Fsp3) is 0.760. The molecule has 1 aromatic rings. The van der Waals surface area contributed by atoms with Crippen LogP contribution in [0.5, 0.6) is 5.88 Å². The molecule has 2 aliphatic heterocycles. The number of piperidine rings is 1. The molecule has 4 rings (SSSR count). The highest BCUT2D eigenvalue weighted by atomic mass is 16.5. The van der Waals surface area contributed by atoms with Crippen molar-refractivity contribution in [2.45, 2.75) is 89.6 Å². The molecular formula is C25H40N4O3. The average molecular weight is 445 g/mol. The molecule has 3 heterocycles. The fourth-order valence-electron chi connectivity index (χ4n) is 4.82. The number of rotatable bonds is 8. The van der Waals surface area contributed by atoms with Crippen LogP contribution < -0.4 is 10.1 Å². The van der Waals surface area contributed by atoms with Crippen LogP contribution in [0.25, 0.3) is 0 Å². The van der Waals surface area contributed by atoms with Gasteiger partial charge in [-0.3, -0.25) is 0 Å². The number of nitrogens with one attached hydrogen (secondary N) is 1. The Kier molecular flexibility index (Phi) is 9.03. The number of nitrogens with zero attached hydrogens (tertiary/aromatic N) is 3. The third kappa shape index (κ3) is 6.82. The summed E-state index contributed by atoms with van der Waals surface area (Å²) in [5, 5.41) is 3.47. The molecule has 1 aromatic heterocycles. The number of hydrogen-bond acceptors (Lipinski definition) is 5. The van der Waals surface area contributed by atoms with Gasteiger partial charge in [-0.05, 0) is 70.8 Å². The van der Waals surface area contributed by atoms with Crippen LogP contribution in [0.4, 0.5) is 0 Å². The Morgan fingerprint density at radius 3 is 2.69 bits per heavy atom. The van der Waals surface area contributed by atoms with Gasteiger partial charge in [0.2, 0.25) is 5.88 Å². The maximum Gasteiger partial charge on any atom is 0.218 e. The maximum atomic E-state index is 6.19. The van der Waals surface area contributed by atoms with Gasteiger partial charge in [0.15, 0.2) is 5.96 Å². The summed E-state index contributed by atoms with van der Waals surface area (Å²) in [7, 11) is 0. The second-order valence-electron chi connectivity index (χ2n) is 9.17. The van der Waals surface area contributed by atoms with Crippen molar-refractivity contribution in [1.29, 1.82) is 0 Å². The first-order valence-electron chi connectivity index (χ1n) is 12.7. The molecule has 0 bridgehead atoms. The van der Waals surface area contributed by atoms with Gasteiger partial charge >= 0.3 is 0 Å². The molecule has 178 valence electrons. The van der Waals surface area contributed by atoms with Gasteiger partial charge in [-0.15, -0.1) is 0 Å². The normalized spacial score (nSPS) is 23.5. The topological polar surface area (TPSA) is 68.2 Å². The van der Waals surface area contributed by atoms with Crippen molar-refractivity contribution in [3.63, 3.8) is 0 Å². The van der Waals surface area contributed by atoms with Crippen molar-refractivity contribution in [2.75, 3.05) is 32.8 Å². The first kappa shape index (κ1) is 23.3. The first-order chi connectivity index (χ1) is 15.8. The molecule has 7 heteroatoms. The smallest absolute Gasteiger partial charge is 0.218 e. The van der Waals surface area contributed by atoms with Crippen molar-refractivity contribution in [1.82, 2.24) is 15.2 Å². The molecule has 1 atom stereocenters. The van der Waals surface area contributed by atoms with Gasteiger partial charge in [0.1, 0.15) is 6.10 Å². The monoisotopic (exact) mass is 444 g/mol. The third-order valence-corrected chi connectivity index (χ3v) is 6.70. The van der Waals surface area contributed by atoms with E-state index in [2.05, 4.69) is 28.2 Å². The highest BCUT2D eigenvalue weighted by Gasteiger charge is 2.24. The average Bonchev–Trinajstić information content (AvgIpc) is 3.35. The second kappa shape index (κ2) is 12.4. The lowest BCUT2D eigenvalue weighted by Gasteiger charge is -2.35. The van der Waals surface area contributed by atoms with Gasteiger partial charge in [-0.1, -0.05) is 6.07 Å². The van der Waals surface area contributed by atoms with Crippen LogP contribution in [-0.4, -0.2) is 67.0 Å². The van der Waals surface area contributed by atoms with Crippen molar-refractivity contribution >= 4 is 5.96 Å². The van der Waals surface area contributed by atoms with E-state index in [-0.39, 0.29) is 0 Å². The van der Waals surface area contributed by atoms with E-state index >= 15 is 0 Å². The number of guanidine groups is 1. The van der Waals surface area contributed by atoms with Crippen LogP contribution in [0.3, 0.4) is 0 Å². The largest absolute Gasteiger partial charge is 0.474 e. The molecule has 3 fully saturated rings. The summed E-state index contributed by atoms with van der Waals surface area (Å²) in [6.45, 7) is 7.10. The lowest BCUT2D eigenvalue weighted by Crippen LogP contribution is -2.47. The Bertz CT molecular complexity index is 709. The summed E-state index contributed by atoms with van der Waals surface area (Å²) in [6.07, 6.45) is 13.1. The van der Waals surface area contributed by atoms with E-state index in [4.69, 9.17) is 19.2 Å². The van der Waals surface area contributed by atoms with E-state index < -0.39 is 0 Å². The third-order valence-electron chi connectivity index (χ3n) is 6.70. The molecule has 0 spiro atoms. The number of ether oxygens (including phenoxy) is 3. The Morgan fingerprint density at radius 2 is 1.94 bits per heavy atom. The van der Waals surface area contributed by atoms with E-state index in [0.29, 0.717) is 24.9 Å². The zero-order valence-electron chi connectivity index (χ0n) is 19.6. The highest BCUT2D eigenvalue weighted by molar-refractivity contribution is 5.80. The Labute approximate surface area is 192 Å². The maximum absolute atomic E-state index is 6.19. The van der Waals surface area contributed by atoms with E-state index in [0.717, 1.165) is 82.4 Å². The summed E-state index contributed by atoms with van der Waals surface area (Å²) < 4.78 is 18.2. The minimum Gasteiger partial charge on any atom is -0.474 e. The second-order valence-corrected chi connectivity index (χ2v) is 9.17. The van der Waals surface area contributed by atoms with E-state index in [9.17, 15) is 0 Å². The summed E-state index contributed by atoms with van der Waals surface area (Å²) in [5.41, 5.74) is 1.06. The van der Waals surface area contributed by atoms with Crippen LogP contribution in [0.1, 0.15) is 70.3 Å². The van der Waals surface area contributed by atoms with Crippen LogP contribution in [0.15, 0.2) is 23.3 Å². The van der Waals surface area contributed by atoms with Crippen LogP contribution in [0, 0.1) is 0 Å². The molecule has 1 saturated carbocycles. The van der Waals surface area contributed by atoms with Gasteiger partial charge in [0, 0.05) is 38.0 Å². The summed E-state index contributed by atoms with van der Waals surface area (Å²) >= 11 is 0. The summed E-state index contributed by atoms with van der Waals surface area (Å²) in [5.74, 6) is 1.72. The van der Waals surface area contributed by atoms with Crippen molar-refractivity contribution in [2.24, 2.45) is 4.99 Å². The lowest BCUT2D eigenvalue weighted by atomic mass is 10.1. The molecule has 0 radical (unpaired) electrons. The minimum absolute atomic E-state index is 0.292. The molecule has 1 aliphatic carbocycles. The Morgan fingerprint density at radius 1 is 1.12 bits per heavy atom. The predicted octanol–water partition coefficient (Wildman–Crippen LogP) is 3.92. The summed E-state index contributed by atoms with van der Waals surface area (Å²) in [6, 6.07) is 4.05. The number of pyridine rings is 1. The van der Waals surface area contributed by atoms with Crippen molar-refractivity contribution in [3.8, 4) is 5.88 Å². The molecule has 3 aliphatic rings. The molecule has 32 heavy (non-hydrogen) atoms. The van der Waals surface area contributed by atoms with Crippen LogP contribution in [-0.2, 0) is 16.0 Å². The molecule has 1 unspecified atom stereocenters. The number of aliphatic imine (C=N–C) groups is 1. The Hall–Kier alpha value is -1.86. The quantitative estimate of drug-likeness (QED) is 0.484. The van der Waals surface area contributed by atoms with Crippen LogP contribution in [0.2, 0.25) is 0 Å². The SMILES string of the molecule is CCNC(=NCc1cccnc1OC1CCCC1)N1CCC(OCC2CCCCO2)CC1. The summed E-state index contributed by atoms with van der Waals surface area (Å²) in [4.78, 5) is 11.8. The zero-order valence-corrected chi connectivity index (χ0v) is 19.6. The van der Waals surface area contributed by atoms with Crippen LogP contribution >= 0.6 is 0 Å². The molecular weight excluding hydrogens is 404 g/mol. The standard InChI is InChI=1S/C25H40N4O3/c1-2-26-25(28-18-20-8-7-14-27-24(20)32-22-9-3-4-10-22)29-15-12-21(13-16-29)31-19-23-11-5-6-17-30-23/h7-8,14,21-23H,2-6,9-13,15-19H2,1H3,(H,26,28). The Balaban J connectivity index is 1.29. The zero-order chi connectivity index (χ0) is 22.0. The molecule has 2 saturated heterocycles. The first-order valence-corrected chi connectivity index (χ1v) is 12.7. The number of aromatic nitrogens is 1. The van der Waals surface area contributed by atoms with E-state index in [1.807, 2.05) is 12.3 Å². The molecule has 0 aromatic carbocycles. The van der Waals surface area contributed by atoms with Gasteiger partial charge < -0.3 is 24.4 Å². The van der Waals surface area contributed by atoms with Crippen molar-refractivity contribution in [3.05, 3.63) is 23.9 Å². The van der Waals surface area contributed by atoms with Gasteiger partial charge in [-0.25, -0.2) is 9.98 Å². The molecule has 7 nitrogen and oxygen atoms in total. The van der Waals surface area contributed by atoms with Gasteiger partial charge in [0.25, 0.3) is 0 Å². The number of likely N-dealkylation sites (tertiary alicyclic amines) is 1. The molecule has 0 amide bonds. The highest BCUT2D eigenvalue weighted by Crippen LogP contribution is 2.25. The molecule has 1 N–H and O–H groups in total. The van der Waals surface area contributed by atoms with E-state index in [1.165, 1.54) is 25.7 Å². The van der Waals surface area contributed by atoms with Crippen molar-refractivity contribution < 1.29 is 14.2 Å². The van der Waals surface area contributed by atoms with Gasteiger partial charge in [0.05, 0.1) is 25.4 Å². The lowest BCUT2D eigenvalue weighted by molar-refractivity contribution is -0.0721. The van der Waals surface area contributed by atoms with Gasteiger partial charge in [-0.2, -0.15) is 0 Å². The number of hydrogen-bond donors (Lipinski definition) is 1.